The van der Waals surface area contributed by atoms with Gasteiger partial charge in [0, 0.05) is 18.1 Å². The molecule has 0 saturated heterocycles. The first kappa shape index (κ1) is 21.2. The second-order valence-corrected chi connectivity index (χ2v) is 9.34. The van der Waals surface area contributed by atoms with Crippen molar-refractivity contribution in [2.24, 2.45) is 11.8 Å². The average molecular weight is 422 g/mol. The summed E-state index contributed by atoms with van der Waals surface area (Å²) in [4.78, 5) is 29.9. The lowest BCUT2D eigenvalue weighted by Crippen LogP contribution is -2.32. The van der Waals surface area contributed by atoms with E-state index >= 15 is 0 Å². The first-order chi connectivity index (χ1) is 13.4. The molecule has 1 amide bonds. The third kappa shape index (κ3) is 5.51. The molecule has 0 bridgehead atoms. The molecule has 3 rings (SSSR count). The largest absolute Gasteiger partial charge is 0.355 e. The van der Waals surface area contributed by atoms with Crippen LogP contribution in [0, 0.1) is 11.8 Å². The van der Waals surface area contributed by atoms with E-state index in [0.29, 0.717) is 33.5 Å². The number of thioether (sulfide) groups is 1. The smallest absolute Gasteiger partial charge is 0.262 e. The highest BCUT2D eigenvalue weighted by atomic mass is 35.5. The van der Waals surface area contributed by atoms with Crippen LogP contribution in [0.1, 0.15) is 46.0 Å². The first-order valence-electron chi connectivity index (χ1n) is 10.0. The molecule has 5 nitrogen and oxygen atoms in total. The van der Waals surface area contributed by atoms with E-state index in [-0.39, 0.29) is 23.1 Å². The summed E-state index contributed by atoms with van der Waals surface area (Å²) >= 11 is 7.38. The molecule has 7 heteroatoms. The molecule has 1 aliphatic rings. The molecule has 0 aliphatic heterocycles. The fourth-order valence-electron chi connectivity index (χ4n) is 3.64. The highest BCUT2D eigenvalue weighted by molar-refractivity contribution is 7.99. The summed E-state index contributed by atoms with van der Waals surface area (Å²) in [7, 11) is 0. The standard InChI is InChI=1S/C21H28ClN3O2S/c1-14(2)12-25-20(27)17-10-16(22)8-9-18(17)24-21(25)28-13-19(26)23-11-15-6-4-3-5-7-15/h8-10,14-15H,3-7,11-13H2,1-2H3,(H,23,26). The summed E-state index contributed by atoms with van der Waals surface area (Å²) in [6.07, 6.45) is 6.25. The second-order valence-electron chi connectivity index (χ2n) is 7.96. The number of aromatic nitrogens is 2. The average Bonchev–Trinajstić information content (AvgIpc) is 2.68. The van der Waals surface area contributed by atoms with Crippen molar-refractivity contribution in [2.45, 2.75) is 57.7 Å². The van der Waals surface area contributed by atoms with Gasteiger partial charge < -0.3 is 5.32 Å². The lowest BCUT2D eigenvalue weighted by atomic mass is 9.89. The number of hydrogen-bond donors (Lipinski definition) is 1. The van der Waals surface area contributed by atoms with Gasteiger partial charge in [-0.1, -0.05) is 56.5 Å². The zero-order valence-corrected chi connectivity index (χ0v) is 18.1. The van der Waals surface area contributed by atoms with Crippen molar-refractivity contribution in [3.05, 3.63) is 33.6 Å². The third-order valence-corrected chi connectivity index (χ3v) is 6.29. The molecule has 1 heterocycles. The predicted octanol–water partition coefficient (Wildman–Crippen LogP) is 4.49. The van der Waals surface area contributed by atoms with Crippen molar-refractivity contribution in [1.29, 1.82) is 0 Å². The Morgan fingerprint density at radius 1 is 1.32 bits per heavy atom. The number of hydrogen-bond acceptors (Lipinski definition) is 4. The van der Waals surface area contributed by atoms with Crippen molar-refractivity contribution >= 4 is 40.2 Å². The van der Waals surface area contributed by atoms with Crippen molar-refractivity contribution in [3.63, 3.8) is 0 Å². The Labute approximate surface area is 175 Å². The van der Waals surface area contributed by atoms with E-state index in [0.717, 1.165) is 6.54 Å². The van der Waals surface area contributed by atoms with Crippen molar-refractivity contribution < 1.29 is 4.79 Å². The van der Waals surface area contributed by atoms with Crippen LogP contribution in [0.25, 0.3) is 10.9 Å². The van der Waals surface area contributed by atoms with E-state index in [1.54, 1.807) is 22.8 Å². The predicted molar refractivity (Wildman–Crippen MR) is 116 cm³/mol. The molecule has 1 aliphatic carbocycles. The molecule has 1 saturated carbocycles. The lowest BCUT2D eigenvalue weighted by Gasteiger charge is -2.21. The van der Waals surface area contributed by atoms with Crippen LogP contribution in [0.15, 0.2) is 28.2 Å². The highest BCUT2D eigenvalue weighted by Gasteiger charge is 2.17. The SMILES string of the molecule is CC(C)Cn1c(SCC(=O)NCC2CCCCC2)nc2ccc(Cl)cc2c1=O. The molecule has 1 fully saturated rings. The topological polar surface area (TPSA) is 64.0 Å². The van der Waals surface area contributed by atoms with E-state index in [1.165, 1.54) is 43.9 Å². The number of amides is 1. The highest BCUT2D eigenvalue weighted by Crippen LogP contribution is 2.23. The van der Waals surface area contributed by atoms with Gasteiger partial charge in [-0.3, -0.25) is 14.2 Å². The van der Waals surface area contributed by atoms with E-state index in [1.807, 2.05) is 0 Å². The van der Waals surface area contributed by atoms with Crippen molar-refractivity contribution in [2.75, 3.05) is 12.3 Å². The minimum absolute atomic E-state index is 0.00266. The first-order valence-corrected chi connectivity index (χ1v) is 11.4. The van der Waals surface area contributed by atoms with Gasteiger partial charge >= 0.3 is 0 Å². The summed E-state index contributed by atoms with van der Waals surface area (Å²) in [6.45, 7) is 5.42. The summed E-state index contributed by atoms with van der Waals surface area (Å²) in [6, 6.07) is 5.15. The molecule has 1 aromatic heterocycles. The summed E-state index contributed by atoms with van der Waals surface area (Å²) in [5.41, 5.74) is 0.505. The van der Waals surface area contributed by atoms with Crippen LogP contribution in [0.3, 0.4) is 0 Å². The monoisotopic (exact) mass is 421 g/mol. The molecule has 2 aromatic rings. The number of benzene rings is 1. The number of fused-ring (bicyclic) bond motifs is 1. The molecular formula is C21H28ClN3O2S. The van der Waals surface area contributed by atoms with Gasteiger partial charge in [-0.05, 0) is 42.9 Å². The van der Waals surface area contributed by atoms with Crippen LogP contribution >= 0.6 is 23.4 Å². The fourth-order valence-corrected chi connectivity index (χ4v) is 4.65. The van der Waals surface area contributed by atoms with E-state index in [4.69, 9.17) is 11.6 Å². The number of nitrogens with one attached hydrogen (secondary N) is 1. The molecule has 0 radical (unpaired) electrons. The Bertz CT molecular complexity index is 891. The number of nitrogens with zero attached hydrogens (tertiary/aromatic N) is 2. The number of rotatable bonds is 7. The van der Waals surface area contributed by atoms with E-state index in [9.17, 15) is 9.59 Å². The van der Waals surface area contributed by atoms with Gasteiger partial charge in [0.2, 0.25) is 5.91 Å². The van der Waals surface area contributed by atoms with Crippen LogP contribution in [0.2, 0.25) is 5.02 Å². The zero-order valence-electron chi connectivity index (χ0n) is 16.5. The Kier molecular flexibility index (Phi) is 7.41. The van der Waals surface area contributed by atoms with Gasteiger partial charge in [-0.25, -0.2) is 4.98 Å². The molecule has 0 unspecified atom stereocenters. The van der Waals surface area contributed by atoms with Crippen LogP contribution in [-0.2, 0) is 11.3 Å². The van der Waals surface area contributed by atoms with Crippen LogP contribution < -0.4 is 10.9 Å². The van der Waals surface area contributed by atoms with Gasteiger partial charge in [0.1, 0.15) is 0 Å². The van der Waals surface area contributed by atoms with Crippen molar-refractivity contribution in [1.82, 2.24) is 14.9 Å². The molecule has 152 valence electrons. The summed E-state index contributed by atoms with van der Waals surface area (Å²) in [5.74, 6) is 1.15. The maximum absolute atomic E-state index is 13.0. The van der Waals surface area contributed by atoms with E-state index < -0.39 is 0 Å². The van der Waals surface area contributed by atoms with Crippen LogP contribution in [0.4, 0.5) is 0 Å². The molecule has 0 spiro atoms. The Balaban J connectivity index is 1.72. The molecule has 1 N–H and O–H groups in total. The number of halogens is 1. The molecule has 0 atom stereocenters. The maximum atomic E-state index is 13.0. The van der Waals surface area contributed by atoms with Crippen LogP contribution in [-0.4, -0.2) is 27.8 Å². The Hall–Kier alpha value is -1.53. The zero-order chi connectivity index (χ0) is 20.1. The Morgan fingerprint density at radius 2 is 2.07 bits per heavy atom. The third-order valence-electron chi connectivity index (χ3n) is 5.07. The van der Waals surface area contributed by atoms with Gasteiger partial charge in [0.25, 0.3) is 5.56 Å². The van der Waals surface area contributed by atoms with Crippen LogP contribution in [0.5, 0.6) is 0 Å². The minimum Gasteiger partial charge on any atom is -0.355 e. The summed E-state index contributed by atoms with van der Waals surface area (Å²) in [5, 5.41) is 4.67. The molecule has 1 aromatic carbocycles. The quantitative estimate of drug-likeness (QED) is 0.528. The van der Waals surface area contributed by atoms with Gasteiger partial charge in [-0.2, -0.15) is 0 Å². The number of carbonyl (C=O) groups excluding carboxylic acids is 1. The molecular weight excluding hydrogens is 394 g/mol. The van der Waals surface area contributed by atoms with E-state index in [2.05, 4.69) is 24.1 Å². The second kappa shape index (κ2) is 9.79. The van der Waals surface area contributed by atoms with Gasteiger partial charge in [-0.15, -0.1) is 0 Å². The normalized spacial score (nSPS) is 15.3. The van der Waals surface area contributed by atoms with Crippen molar-refractivity contribution in [3.8, 4) is 0 Å². The van der Waals surface area contributed by atoms with Gasteiger partial charge in [0.05, 0.1) is 16.7 Å². The summed E-state index contributed by atoms with van der Waals surface area (Å²) < 4.78 is 1.67. The Morgan fingerprint density at radius 3 is 2.79 bits per heavy atom. The minimum atomic E-state index is -0.105. The fraction of sp³-hybridized carbons (Fsp3) is 0.571. The van der Waals surface area contributed by atoms with Gasteiger partial charge in [0.15, 0.2) is 5.16 Å². The lowest BCUT2D eigenvalue weighted by molar-refractivity contribution is -0.118. The number of carbonyl (C=O) groups is 1. The maximum Gasteiger partial charge on any atom is 0.262 e. The molecule has 28 heavy (non-hydrogen) atoms.